The van der Waals surface area contributed by atoms with Crippen LogP contribution in [0.1, 0.15) is 17.2 Å². The lowest BCUT2D eigenvalue weighted by atomic mass is 9.98. The van der Waals surface area contributed by atoms with Crippen LogP contribution in [0.25, 0.3) is 0 Å². The lowest BCUT2D eigenvalue weighted by Crippen LogP contribution is -2.19. The highest BCUT2D eigenvalue weighted by molar-refractivity contribution is 9.10. The number of nitro benzene ring substituents is 1. The van der Waals surface area contributed by atoms with Crippen LogP contribution in [0.3, 0.4) is 0 Å². The van der Waals surface area contributed by atoms with Gasteiger partial charge in [-0.3, -0.25) is 10.1 Å². The van der Waals surface area contributed by atoms with E-state index in [2.05, 4.69) is 21.2 Å². The summed E-state index contributed by atoms with van der Waals surface area (Å²) in [5.41, 5.74) is 1.81. The fraction of sp³-hybridized carbons (Fsp3) is 0.200. The number of hydrogen-bond acceptors (Lipinski definition) is 3. The maximum atomic E-state index is 11.1. The third-order valence-corrected chi connectivity index (χ3v) is 3.92. The zero-order valence-electron chi connectivity index (χ0n) is 11.3. The zero-order chi connectivity index (χ0) is 15.4. The van der Waals surface area contributed by atoms with Crippen LogP contribution in [0.5, 0.6) is 0 Å². The molecule has 6 heteroatoms. The highest BCUT2D eigenvalue weighted by atomic mass is 79.9. The van der Waals surface area contributed by atoms with Crippen molar-refractivity contribution in [3.8, 4) is 0 Å². The van der Waals surface area contributed by atoms with E-state index in [-0.39, 0.29) is 16.7 Å². The number of nitrogens with one attached hydrogen (secondary N) is 1. The van der Waals surface area contributed by atoms with E-state index in [0.717, 1.165) is 10.0 Å². The Labute approximate surface area is 136 Å². The fourth-order valence-corrected chi connectivity index (χ4v) is 3.13. The largest absolute Gasteiger partial charge is 0.313 e. The lowest BCUT2D eigenvalue weighted by Gasteiger charge is -2.17. The summed E-state index contributed by atoms with van der Waals surface area (Å²) in [6.45, 7) is 0. The van der Waals surface area contributed by atoms with Crippen LogP contribution in [-0.4, -0.2) is 12.0 Å². The molecule has 0 heterocycles. The molecule has 0 aliphatic heterocycles. The van der Waals surface area contributed by atoms with Gasteiger partial charge < -0.3 is 5.32 Å². The summed E-state index contributed by atoms with van der Waals surface area (Å²) in [7, 11) is 1.83. The van der Waals surface area contributed by atoms with E-state index < -0.39 is 0 Å². The predicted octanol–water partition coefficient (Wildman–Crippen LogP) is 4.51. The van der Waals surface area contributed by atoms with Gasteiger partial charge in [-0.15, -0.1) is 0 Å². The highest BCUT2D eigenvalue weighted by Gasteiger charge is 2.18. The van der Waals surface area contributed by atoms with Crippen LogP contribution in [0, 0.1) is 10.1 Å². The first-order valence-corrected chi connectivity index (χ1v) is 7.54. The van der Waals surface area contributed by atoms with Gasteiger partial charge in [-0.1, -0.05) is 45.7 Å². The van der Waals surface area contributed by atoms with E-state index in [1.54, 1.807) is 12.1 Å². The average molecular weight is 370 g/mol. The Morgan fingerprint density at radius 1 is 1.33 bits per heavy atom. The van der Waals surface area contributed by atoms with Gasteiger partial charge in [0.05, 0.1) is 4.92 Å². The monoisotopic (exact) mass is 368 g/mol. The second-order valence-corrected chi connectivity index (χ2v) is 5.99. The summed E-state index contributed by atoms with van der Waals surface area (Å²) < 4.78 is 0.882. The van der Waals surface area contributed by atoms with Gasteiger partial charge in [-0.2, -0.15) is 0 Å². The number of hydrogen-bond donors (Lipinski definition) is 1. The van der Waals surface area contributed by atoms with Crippen molar-refractivity contribution >= 4 is 33.2 Å². The molecule has 0 spiro atoms. The van der Waals surface area contributed by atoms with Crippen molar-refractivity contribution in [2.45, 2.75) is 12.5 Å². The Kier molecular flexibility index (Phi) is 5.33. The molecule has 1 atom stereocenters. The van der Waals surface area contributed by atoms with Crippen molar-refractivity contribution in [1.29, 1.82) is 0 Å². The Bertz CT molecular complexity index is 644. The number of benzene rings is 2. The molecule has 2 aromatic rings. The average Bonchev–Trinajstić information content (AvgIpc) is 2.43. The smallest absolute Gasteiger partial charge is 0.272 e. The number of para-hydroxylation sites is 1. The molecule has 0 saturated heterocycles. The molecular formula is C15H14BrClN2O2. The SMILES string of the molecule is CNC(Cc1ccccc1[N+](=O)[O-])c1cc(Cl)cc(Br)c1. The zero-order valence-corrected chi connectivity index (χ0v) is 13.7. The molecule has 4 nitrogen and oxygen atoms in total. The maximum Gasteiger partial charge on any atom is 0.272 e. The van der Waals surface area contributed by atoms with Crippen molar-refractivity contribution in [1.82, 2.24) is 5.32 Å². The molecule has 2 rings (SSSR count). The van der Waals surface area contributed by atoms with Crippen molar-refractivity contribution in [3.63, 3.8) is 0 Å². The highest BCUT2D eigenvalue weighted by Crippen LogP contribution is 2.28. The van der Waals surface area contributed by atoms with Gasteiger partial charge in [0.25, 0.3) is 5.69 Å². The van der Waals surface area contributed by atoms with Crippen LogP contribution < -0.4 is 5.32 Å². The molecule has 0 amide bonds. The topological polar surface area (TPSA) is 55.2 Å². The number of rotatable bonds is 5. The minimum absolute atomic E-state index is 0.0545. The number of nitro groups is 1. The Balaban J connectivity index is 2.33. The Hall–Kier alpha value is -1.43. The molecule has 2 aromatic carbocycles. The van der Waals surface area contributed by atoms with Gasteiger partial charge in [0.2, 0.25) is 0 Å². The molecule has 0 saturated carbocycles. The lowest BCUT2D eigenvalue weighted by molar-refractivity contribution is -0.385. The molecular weight excluding hydrogens is 356 g/mol. The van der Waals surface area contributed by atoms with Gasteiger partial charge in [0, 0.05) is 27.2 Å². The second kappa shape index (κ2) is 7.02. The van der Waals surface area contributed by atoms with E-state index in [1.807, 2.05) is 31.3 Å². The molecule has 0 aliphatic carbocycles. The van der Waals surface area contributed by atoms with E-state index in [1.165, 1.54) is 6.07 Å². The first-order chi connectivity index (χ1) is 10.0. The second-order valence-electron chi connectivity index (χ2n) is 4.63. The number of nitrogens with zero attached hydrogens (tertiary/aromatic N) is 1. The molecule has 0 fully saturated rings. The summed E-state index contributed by atoms with van der Waals surface area (Å²) in [5.74, 6) is 0. The molecule has 1 N–H and O–H groups in total. The minimum Gasteiger partial charge on any atom is -0.313 e. The molecule has 0 radical (unpaired) electrons. The van der Waals surface area contributed by atoms with Crippen LogP contribution in [0.4, 0.5) is 5.69 Å². The van der Waals surface area contributed by atoms with Gasteiger partial charge in [-0.25, -0.2) is 0 Å². The van der Waals surface area contributed by atoms with E-state index in [9.17, 15) is 10.1 Å². The standard InChI is InChI=1S/C15H14BrClN2O2/c1-18-14(11-6-12(16)9-13(17)7-11)8-10-4-2-3-5-15(10)19(20)21/h2-7,9,14,18H,8H2,1H3. The molecule has 110 valence electrons. The van der Waals surface area contributed by atoms with Crippen molar-refractivity contribution in [3.05, 3.63) is 73.2 Å². The van der Waals surface area contributed by atoms with E-state index in [0.29, 0.717) is 17.0 Å². The summed E-state index contributed by atoms with van der Waals surface area (Å²) in [5, 5.41) is 14.9. The number of halogens is 2. The minimum atomic E-state index is -0.351. The molecule has 0 aliphatic rings. The molecule has 0 aromatic heterocycles. The first-order valence-electron chi connectivity index (χ1n) is 6.37. The maximum absolute atomic E-state index is 11.1. The van der Waals surface area contributed by atoms with E-state index in [4.69, 9.17) is 11.6 Å². The van der Waals surface area contributed by atoms with Crippen LogP contribution >= 0.6 is 27.5 Å². The van der Waals surface area contributed by atoms with Crippen LogP contribution in [-0.2, 0) is 6.42 Å². The Morgan fingerprint density at radius 3 is 2.67 bits per heavy atom. The van der Waals surface area contributed by atoms with E-state index >= 15 is 0 Å². The third kappa shape index (κ3) is 4.03. The van der Waals surface area contributed by atoms with Gasteiger partial charge >= 0.3 is 0 Å². The van der Waals surface area contributed by atoms with Crippen molar-refractivity contribution in [2.75, 3.05) is 7.05 Å². The summed E-state index contributed by atoms with van der Waals surface area (Å²) >= 11 is 9.48. The van der Waals surface area contributed by atoms with Crippen molar-refractivity contribution in [2.24, 2.45) is 0 Å². The molecule has 21 heavy (non-hydrogen) atoms. The van der Waals surface area contributed by atoms with Crippen LogP contribution in [0.15, 0.2) is 46.9 Å². The van der Waals surface area contributed by atoms with Crippen molar-refractivity contribution < 1.29 is 4.92 Å². The predicted molar refractivity (Wildman–Crippen MR) is 87.8 cm³/mol. The Morgan fingerprint density at radius 2 is 2.05 bits per heavy atom. The number of likely N-dealkylation sites (N-methyl/N-ethyl adjacent to an activating group) is 1. The molecule has 0 bridgehead atoms. The summed E-state index contributed by atoms with van der Waals surface area (Å²) in [6.07, 6.45) is 0.514. The third-order valence-electron chi connectivity index (χ3n) is 3.25. The van der Waals surface area contributed by atoms with Gasteiger partial charge in [0.1, 0.15) is 0 Å². The normalized spacial score (nSPS) is 12.1. The van der Waals surface area contributed by atoms with Crippen LogP contribution in [0.2, 0.25) is 5.02 Å². The summed E-state index contributed by atoms with van der Waals surface area (Å²) in [4.78, 5) is 10.7. The molecule has 1 unspecified atom stereocenters. The fourth-order valence-electron chi connectivity index (χ4n) is 2.24. The van der Waals surface area contributed by atoms with Gasteiger partial charge in [-0.05, 0) is 37.2 Å². The first kappa shape index (κ1) is 15.9. The summed E-state index contributed by atoms with van der Waals surface area (Å²) in [6, 6.07) is 12.4. The quantitative estimate of drug-likeness (QED) is 0.623. The van der Waals surface area contributed by atoms with Gasteiger partial charge in [0.15, 0.2) is 0 Å².